The highest BCUT2D eigenvalue weighted by Crippen LogP contribution is 2.59. The Hall–Kier alpha value is -0.600. The van der Waals surface area contributed by atoms with Crippen LogP contribution in [0.2, 0.25) is 5.02 Å². The highest BCUT2D eigenvalue weighted by atomic mass is 35.5. The third-order valence-electron chi connectivity index (χ3n) is 5.07. The Morgan fingerprint density at radius 1 is 1.35 bits per heavy atom. The molecule has 0 spiro atoms. The average Bonchev–Trinajstić information content (AvgIpc) is 2.92. The molecule has 0 amide bonds. The third kappa shape index (κ3) is 2.73. The number of halogens is 2. The molecular weight excluding hydrogens is 273 g/mol. The SMILES string of the molecule is CCCNC(Cc1cccc(Cl)c1F)C1C2CCCC21. The first-order valence-corrected chi connectivity index (χ1v) is 8.26. The van der Waals surface area contributed by atoms with Crippen molar-refractivity contribution in [3.63, 3.8) is 0 Å². The Labute approximate surface area is 125 Å². The van der Waals surface area contributed by atoms with Crippen molar-refractivity contribution in [1.29, 1.82) is 0 Å². The lowest BCUT2D eigenvalue weighted by atomic mass is 9.96. The first-order chi connectivity index (χ1) is 9.72. The predicted molar refractivity (Wildman–Crippen MR) is 81.5 cm³/mol. The lowest BCUT2D eigenvalue weighted by Gasteiger charge is -2.21. The maximum Gasteiger partial charge on any atom is 0.145 e. The van der Waals surface area contributed by atoms with Crippen LogP contribution in [0.1, 0.15) is 38.2 Å². The number of nitrogens with one attached hydrogen (secondary N) is 1. The van der Waals surface area contributed by atoms with E-state index >= 15 is 0 Å². The Morgan fingerprint density at radius 2 is 2.10 bits per heavy atom. The zero-order valence-electron chi connectivity index (χ0n) is 12.0. The van der Waals surface area contributed by atoms with E-state index in [1.54, 1.807) is 6.07 Å². The van der Waals surface area contributed by atoms with Gasteiger partial charge in [0.15, 0.2) is 0 Å². The Kier molecular flexibility index (Phi) is 4.32. The monoisotopic (exact) mass is 295 g/mol. The van der Waals surface area contributed by atoms with Crippen LogP contribution in [0.25, 0.3) is 0 Å². The largest absolute Gasteiger partial charge is 0.313 e. The molecule has 1 aromatic rings. The summed E-state index contributed by atoms with van der Waals surface area (Å²) in [5.41, 5.74) is 0.760. The molecule has 3 heteroatoms. The van der Waals surface area contributed by atoms with Crippen molar-refractivity contribution in [1.82, 2.24) is 5.32 Å². The summed E-state index contributed by atoms with van der Waals surface area (Å²) in [6, 6.07) is 5.77. The van der Waals surface area contributed by atoms with Crippen molar-refractivity contribution in [3.8, 4) is 0 Å². The van der Waals surface area contributed by atoms with E-state index in [4.69, 9.17) is 11.6 Å². The molecule has 1 N–H and O–H groups in total. The molecule has 3 unspecified atom stereocenters. The second-order valence-corrected chi connectivity index (χ2v) is 6.72. The third-order valence-corrected chi connectivity index (χ3v) is 5.36. The summed E-state index contributed by atoms with van der Waals surface area (Å²) in [4.78, 5) is 0. The number of rotatable bonds is 6. The van der Waals surface area contributed by atoms with Gasteiger partial charge in [-0.05, 0) is 61.6 Å². The van der Waals surface area contributed by atoms with Gasteiger partial charge in [-0.2, -0.15) is 0 Å². The molecule has 0 aromatic heterocycles. The molecule has 2 aliphatic carbocycles. The molecule has 2 aliphatic rings. The average molecular weight is 296 g/mol. The fraction of sp³-hybridized carbons (Fsp3) is 0.647. The second-order valence-electron chi connectivity index (χ2n) is 6.31. The molecule has 0 radical (unpaired) electrons. The molecule has 1 aromatic carbocycles. The van der Waals surface area contributed by atoms with Crippen LogP contribution in [0, 0.1) is 23.6 Å². The maximum atomic E-state index is 14.1. The number of hydrogen-bond acceptors (Lipinski definition) is 1. The van der Waals surface area contributed by atoms with Crippen LogP contribution in [0.5, 0.6) is 0 Å². The van der Waals surface area contributed by atoms with Gasteiger partial charge >= 0.3 is 0 Å². The van der Waals surface area contributed by atoms with Crippen LogP contribution in [0.15, 0.2) is 18.2 Å². The number of fused-ring (bicyclic) bond motifs is 1. The maximum absolute atomic E-state index is 14.1. The molecule has 1 nitrogen and oxygen atoms in total. The molecule has 3 atom stereocenters. The molecular formula is C17H23ClFN. The number of hydrogen-bond donors (Lipinski definition) is 1. The van der Waals surface area contributed by atoms with E-state index in [2.05, 4.69) is 12.2 Å². The second kappa shape index (κ2) is 6.03. The molecule has 0 heterocycles. The van der Waals surface area contributed by atoms with Gasteiger partial charge in [0, 0.05) is 6.04 Å². The van der Waals surface area contributed by atoms with Gasteiger partial charge in [0.05, 0.1) is 5.02 Å². The normalized spacial score (nSPS) is 29.2. The van der Waals surface area contributed by atoms with E-state index in [0.717, 1.165) is 42.7 Å². The Balaban J connectivity index is 1.71. The molecule has 0 bridgehead atoms. The lowest BCUT2D eigenvalue weighted by Crippen LogP contribution is -2.35. The highest BCUT2D eigenvalue weighted by molar-refractivity contribution is 6.30. The smallest absolute Gasteiger partial charge is 0.145 e. The topological polar surface area (TPSA) is 12.0 Å². The van der Waals surface area contributed by atoms with Crippen molar-refractivity contribution < 1.29 is 4.39 Å². The quantitative estimate of drug-likeness (QED) is 0.818. The van der Waals surface area contributed by atoms with Gasteiger partial charge in [-0.25, -0.2) is 4.39 Å². The van der Waals surface area contributed by atoms with Crippen molar-refractivity contribution in [3.05, 3.63) is 34.6 Å². The summed E-state index contributed by atoms with van der Waals surface area (Å²) in [5, 5.41) is 3.89. The summed E-state index contributed by atoms with van der Waals surface area (Å²) in [7, 11) is 0. The standard InChI is InChI=1S/C17H23ClFN/c1-2-9-20-15(16-12-6-4-7-13(12)16)10-11-5-3-8-14(18)17(11)19/h3,5,8,12-13,15-16,20H,2,4,6-7,9-10H2,1H3. The molecule has 0 aliphatic heterocycles. The van der Waals surface area contributed by atoms with E-state index in [1.165, 1.54) is 19.3 Å². The first kappa shape index (κ1) is 14.3. The van der Waals surface area contributed by atoms with Gasteiger partial charge in [-0.1, -0.05) is 37.1 Å². The van der Waals surface area contributed by atoms with Gasteiger partial charge in [0.1, 0.15) is 5.82 Å². The molecule has 3 rings (SSSR count). The summed E-state index contributed by atoms with van der Waals surface area (Å²) in [6.45, 7) is 3.19. The van der Waals surface area contributed by atoms with Crippen LogP contribution < -0.4 is 5.32 Å². The van der Waals surface area contributed by atoms with E-state index in [9.17, 15) is 4.39 Å². The number of benzene rings is 1. The van der Waals surface area contributed by atoms with Crippen LogP contribution in [0.3, 0.4) is 0 Å². The van der Waals surface area contributed by atoms with Gasteiger partial charge in [-0.15, -0.1) is 0 Å². The zero-order valence-corrected chi connectivity index (χ0v) is 12.8. The van der Waals surface area contributed by atoms with Crippen molar-refractivity contribution in [2.24, 2.45) is 17.8 Å². The van der Waals surface area contributed by atoms with E-state index < -0.39 is 0 Å². The summed E-state index contributed by atoms with van der Waals surface area (Å²) in [6.07, 6.45) is 6.02. The minimum atomic E-state index is -0.233. The van der Waals surface area contributed by atoms with Crippen LogP contribution in [-0.4, -0.2) is 12.6 Å². The molecule has 0 saturated heterocycles. The highest BCUT2D eigenvalue weighted by Gasteiger charge is 2.55. The van der Waals surface area contributed by atoms with E-state index in [-0.39, 0.29) is 10.8 Å². The summed E-state index contributed by atoms with van der Waals surface area (Å²) >= 11 is 5.90. The van der Waals surface area contributed by atoms with Crippen molar-refractivity contribution >= 4 is 11.6 Å². The zero-order chi connectivity index (χ0) is 14.1. The van der Waals surface area contributed by atoms with Crippen LogP contribution >= 0.6 is 11.6 Å². The van der Waals surface area contributed by atoms with Gasteiger partial charge in [0.25, 0.3) is 0 Å². The predicted octanol–water partition coefficient (Wildman–Crippen LogP) is 4.44. The Bertz CT molecular complexity index is 466. The minimum absolute atomic E-state index is 0.233. The van der Waals surface area contributed by atoms with Gasteiger partial charge < -0.3 is 5.32 Å². The van der Waals surface area contributed by atoms with Crippen LogP contribution in [-0.2, 0) is 6.42 Å². The van der Waals surface area contributed by atoms with Crippen molar-refractivity contribution in [2.75, 3.05) is 6.54 Å². The molecule has 2 saturated carbocycles. The summed E-state index contributed by atoms with van der Waals surface area (Å²) in [5.74, 6) is 2.31. The lowest BCUT2D eigenvalue weighted by molar-refractivity contribution is 0.399. The molecule has 20 heavy (non-hydrogen) atoms. The van der Waals surface area contributed by atoms with Gasteiger partial charge in [-0.3, -0.25) is 0 Å². The van der Waals surface area contributed by atoms with Gasteiger partial charge in [0.2, 0.25) is 0 Å². The van der Waals surface area contributed by atoms with Crippen LogP contribution in [0.4, 0.5) is 4.39 Å². The molecule has 110 valence electrons. The first-order valence-electron chi connectivity index (χ1n) is 7.88. The van der Waals surface area contributed by atoms with Crippen molar-refractivity contribution in [2.45, 2.75) is 45.1 Å². The Morgan fingerprint density at radius 3 is 2.80 bits per heavy atom. The summed E-state index contributed by atoms with van der Waals surface area (Å²) < 4.78 is 14.1. The fourth-order valence-electron chi connectivity index (χ4n) is 4.09. The fourth-order valence-corrected chi connectivity index (χ4v) is 4.28. The van der Waals surface area contributed by atoms with E-state index in [1.807, 2.05) is 12.1 Å². The minimum Gasteiger partial charge on any atom is -0.313 e. The van der Waals surface area contributed by atoms with E-state index in [0.29, 0.717) is 6.04 Å². The molecule has 2 fully saturated rings.